The molecule has 0 saturated heterocycles. The normalized spacial score (nSPS) is 10.4. The van der Waals surface area contributed by atoms with Crippen molar-refractivity contribution in [3.8, 4) is 11.5 Å². The third kappa shape index (κ3) is 5.95. The molecule has 1 aromatic heterocycles. The largest absolute Gasteiger partial charge is 0.493 e. The number of rotatable bonds is 9. The summed E-state index contributed by atoms with van der Waals surface area (Å²) in [5, 5.41) is 2.93. The molecule has 1 amide bonds. The minimum absolute atomic E-state index is 0.208. The molecule has 160 valence electrons. The monoisotopic (exact) mass is 424 g/mol. The predicted octanol–water partition coefficient (Wildman–Crippen LogP) is 5.53. The summed E-state index contributed by atoms with van der Waals surface area (Å²) in [6.45, 7) is 0.951. The van der Waals surface area contributed by atoms with E-state index < -0.39 is 0 Å². The van der Waals surface area contributed by atoms with Gasteiger partial charge in [0.1, 0.15) is 18.1 Å². The van der Waals surface area contributed by atoms with Gasteiger partial charge in [-0.3, -0.25) is 9.78 Å². The highest BCUT2D eigenvalue weighted by atomic mass is 16.5. The smallest absolute Gasteiger partial charge is 0.255 e. The van der Waals surface area contributed by atoms with E-state index in [2.05, 4.69) is 10.3 Å². The lowest BCUT2D eigenvalue weighted by Gasteiger charge is -2.13. The maximum absolute atomic E-state index is 12.7. The van der Waals surface area contributed by atoms with Crippen LogP contribution in [-0.2, 0) is 13.0 Å². The summed E-state index contributed by atoms with van der Waals surface area (Å²) in [7, 11) is 0. The van der Waals surface area contributed by atoms with Gasteiger partial charge in [-0.05, 0) is 54.1 Å². The average molecular weight is 425 g/mol. The van der Waals surface area contributed by atoms with Crippen LogP contribution in [0.3, 0.4) is 0 Å². The van der Waals surface area contributed by atoms with Crippen molar-refractivity contribution in [2.45, 2.75) is 13.0 Å². The minimum Gasteiger partial charge on any atom is -0.493 e. The van der Waals surface area contributed by atoms with Crippen molar-refractivity contribution in [2.24, 2.45) is 0 Å². The molecular weight excluding hydrogens is 400 g/mol. The lowest BCUT2D eigenvalue weighted by Crippen LogP contribution is -2.13. The van der Waals surface area contributed by atoms with Crippen molar-refractivity contribution < 1.29 is 14.3 Å². The third-order valence-electron chi connectivity index (χ3n) is 4.84. The second kappa shape index (κ2) is 10.8. The van der Waals surface area contributed by atoms with E-state index >= 15 is 0 Å². The van der Waals surface area contributed by atoms with Crippen LogP contribution < -0.4 is 14.8 Å². The van der Waals surface area contributed by atoms with Crippen LogP contribution in [0.25, 0.3) is 0 Å². The number of nitrogens with zero attached hydrogens (tertiary/aromatic N) is 1. The standard InChI is InChI=1S/C27H24N2O3/c30-27(22-13-15-24(16-14-22)31-19-17-23-10-6-7-18-28-23)29-25-11-4-5-12-26(25)32-20-21-8-2-1-3-9-21/h1-16,18H,17,19-20H2,(H,29,30). The van der Waals surface area contributed by atoms with Crippen molar-refractivity contribution >= 4 is 11.6 Å². The Morgan fingerprint density at radius 3 is 2.31 bits per heavy atom. The Kier molecular flexibility index (Phi) is 7.11. The lowest BCUT2D eigenvalue weighted by atomic mass is 10.2. The number of aromatic nitrogens is 1. The molecule has 4 aromatic rings. The fourth-order valence-corrected chi connectivity index (χ4v) is 3.15. The number of nitrogens with one attached hydrogen (secondary N) is 1. The maximum Gasteiger partial charge on any atom is 0.255 e. The second-order valence-corrected chi connectivity index (χ2v) is 7.17. The first-order valence-electron chi connectivity index (χ1n) is 10.5. The zero-order chi connectivity index (χ0) is 22.0. The molecule has 0 saturated carbocycles. The molecule has 0 aliphatic heterocycles. The number of para-hydroxylation sites is 2. The van der Waals surface area contributed by atoms with Gasteiger partial charge in [-0.25, -0.2) is 0 Å². The van der Waals surface area contributed by atoms with Crippen molar-refractivity contribution in [1.82, 2.24) is 4.98 Å². The van der Waals surface area contributed by atoms with Crippen molar-refractivity contribution in [3.63, 3.8) is 0 Å². The molecule has 5 heteroatoms. The Balaban J connectivity index is 1.32. The van der Waals surface area contributed by atoms with Gasteiger partial charge >= 0.3 is 0 Å². The Hall–Kier alpha value is -4.12. The summed E-state index contributed by atoms with van der Waals surface area (Å²) in [4.78, 5) is 17.0. The van der Waals surface area contributed by atoms with Crippen LogP contribution in [-0.4, -0.2) is 17.5 Å². The third-order valence-corrected chi connectivity index (χ3v) is 4.84. The fourth-order valence-electron chi connectivity index (χ4n) is 3.15. The van der Waals surface area contributed by atoms with E-state index in [4.69, 9.17) is 9.47 Å². The van der Waals surface area contributed by atoms with Gasteiger partial charge in [0.05, 0.1) is 12.3 Å². The highest BCUT2D eigenvalue weighted by molar-refractivity contribution is 6.05. The first-order valence-corrected chi connectivity index (χ1v) is 10.5. The lowest BCUT2D eigenvalue weighted by molar-refractivity contribution is 0.102. The number of hydrogen-bond acceptors (Lipinski definition) is 4. The van der Waals surface area contributed by atoms with E-state index in [0.717, 1.165) is 17.7 Å². The molecule has 0 fully saturated rings. The minimum atomic E-state index is -0.208. The fraction of sp³-hybridized carbons (Fsp3) is 0.111. The highest BCUT2D eigenvalue weighted by Crippen LogP contribution is 2.25. The number of carbonyl (C=O) groups excluding carboxylic acids is 1. The quantitative estimate of drug-likeness (QED) is 0.384. The SMILES string of the molecule is O=C(Nc1ccccc1OCc1ccccc1)c1ccc(OCCc2ccccn2)cc1. The van der Waals surface area contributed by atoms with Gasteiger partial charge in [0.15, 0.2) is 0 Å². The van der Waals surface area contributed by atoms with Crippen LogP contribution >= 0.6 is 0 Å². The van der Waals surface area contributed by atoms with Crippen molar-refractivity contribution in [2.75, 3.05) is 11.9 Å². The van der Waals surface area contributed by atoms with Crippen molar-refractivity contribution in [1.29, 1.82) is 0 Å². The summed E-state index contributed by atoms with van der Waals surface area (Å²) < 4.78 is 11.7. The van der Waals surface area contributed by atoms with E-state index in [1.807, 2.05) is 72.8 Å². The zero-order valence-electron chi connectivity index (χ0n) is 17.6. The Morgan fingerprint density at radius 2 is 1.53 bits per heavy atom. The number of pyridine rings is 1. The van der Waals surface area contributed by atoms with Crippen LogP contribution in [0.15, 0.2) is 103 Å². The number of benzene rings is 3. The molecule has 0 aliphatic carbocycles. The molecule has 0 spiro atoms. The van der Waals surface area contributed by atoms with Gasteiger partial charge in [0.25, 0.3) is 5.91 Å². The summed E-state index contributed by atoms with van der Waals surface area (Å²) in [6, 6.07) is 30.2. The van der Waals surface area contributed by atoms with E-state index in [1.165, 1.54) is 0 Å². The van der Waals surface area contributed by atoms with E-state index in [0.29, 0.717) is 36.0 Å². The van der Waals surface area contributed by atoms with Crippen LogP contribution in [0.5, 0.6) is 11.5 Å². The van der Waals surface area contributed by atoms with Gasteiger partial charge in [-0.1, -0.05) is 48.5 Å². The van der Waals surface area contributed by atoms with Crippen LogP contribution in [0.2, 0.25) is 0 Å². The average Bonchev–Trinajstić information content (AvgIpc) is 2.85. The maximum atomic E-state index is 12.7. The molecule has 5 nitrogen and oxygen atoms in total. The van der Waals surface area contributed by atoms with Crippen LogP contribution in [0, 0.1) is 0 Å². The molecule has 0 unspecified atom stereocenters. The first kappa shape index (κ1) is 21.1. The van der Waals surface area contributed by atoms with E-state index in [1.54, 1.807) is 30.5 Å². The van der Waals surface area contributed by atoms with E-state index in [-0.39, 0.29) is 5.91 Å². The van der Waals surface area contributed by atoms with Crippen LogP contribution in [0.4, 0.5) is 5.69 Å². The topological polar surface area (TPSA) is 60.5 Å². The summed E-state index contributed by atoms with van der Waals surface area (Å²) >= 11 is 0. The molecule has 1 N–H and O–H groups in total. The molecule has 1 heterocycles. The molecule has 0 aliphatic rings. The molecule has 0 radical (unpaired) electrons. The number of carbonyl (C=O) groups is 1. The molecule has 0 atom stereocenters. The zero-order valence-corrected chi connectivity index (χ0v) is 17.6. The number of hydrogen-bond donors (Lipinski definition) is 1. The van der Waals surface area contributed by atoms with Crippen LogP contribution in [0.1, 0.15) is 21.6 Å². The van der Waals surface area contributed by atoms with Gasteiger partial charge in [-0.2, -0.15) is 0 Å². The Labute approximate surface area is 187 Å². The van der Waals surface area contributed by atoms with Crippen molar-refractivity contribution in [3.05, 3.63) is 120 Å². The number of ether oxygens (including phenoxy) is 2. The first-order chi connectivity index (χ1) is 15.8. The summed E-state index contributed by atoms with van der Waals surface area (Å²) in [6.07, 6.45) is 2.50. The number of amides is 1. The Morgan fingerprint density at radius 1 is 0.781 bits per heavy atom. The van der Waals surface area contributed by atoms with Gasteiger partial charge in [0, 0.05) is 23.9 Å². The van der Waals surface area contributed by atoms with Gasteiger partial charge in [0.2, 0.25) is 0 Å². The van der Waals surface area contributed by atoms with Gasteiger partial charge in [-0.15, -0.1) is 0 Å². The number of anilines is 1. The molecule has 3 aromatic carbocycles. The van der Waals surface area contributed by atoms with E-state index in [9.17, 15) is 4.79 Å². The second-order valence-electron chi connectivity index (χ2n) is 7.17. The molecule has 4 rings (SSSR count). The molecule has 0 bridgehead atoms. The summed E-state index contributed by atoms with van der Waals surface area (Å²) in [5.74, 6) is 1.13. The highest BCUT2D eigenvalue weighted by Gasteiger charge is 2.10. The van der Waals surface area contributed by atoms with Gasteiger partial charge < -0.3 is 14.8 Å². The predicted molar refractivity (Wildman–Crippen MR) is 125 cm³/mol. The summed E-state index contributed by atoms with van der Waals surface area (Å²) in [5.41, 5.74) is 3.22. The Bertz CT molecular complexity index is 1130. The molecule has 32 heavy (non-hydrogen) atoms. The molecular formula is C27H24N2O3.